The number of benzene rings is 1. The van der Waals surface area contributed by atoms with E-state index in [1.165, 1.54) is 23.5 Å². The molecular weight excluding hydrogens is 537 g/mol. The highest BCUT2D eigenvalue weighted by molar-refractivity contribution is 7.16. The van der Waals surface area contributed by atoms with Gasteiger partial charge in [0.2, 0.25) is 5.95 Å². The fourth-order valence-electron chi connectivity index (χ4n) is 4.58. The minimum absolute atomic E-state index is 0. The summed E-state index contributed by atoms with van der Waals surface area (Å²) in [5.74, 6) is 1.21. The van der Waals surface area contributed by atoms with Crippen molar-refractivity contribution in [2.45, 2.75) is 19.4 Å². The first-order valence-corrected chi connectivity index (χ1v) is 13.0. The molecule has 12 heteroatoms. The van der Waals surface area contributed by atoms with Gasteiger partial charge < -0.3 is 15.5 Å². The lowest BCUT2D eigenvalue weighted by atomic mass is 10.1. The van der Waals surface area contributed by atoms with E-state index < -0.39 is 0 Å². The Bertz CT molecular complexity index is 1670. The molecule has 6 rings (SSSR count). The number of rotatable bonds is 6. The van der Waals surface area contributed by atoms with E-state index in [9.17, 15) is 9.65 Å². The Balaban J connectivity index is 0.00000308. The van der Waals surface area contributed by atoms with E-state index in [0.29, 0.717) is 33.6 Å². The SMILES string of the molecule is CCc1nc2ccc(-c3cnc(N4CC(N)C4)nc3)cn2c1N(C)c1nc(-c2ccc(F)cc2)c(C#N)s1.Cl. The molecule has 1 aromatic carbocycles. The lowest BCUT2D eigenvalue weighted by molar-refractivity contribution is 0.509. The summed E-state index contributed by atoms with van der Waals surface area (Å²) in [6.45, 7) is 3.59. The van der Waals surface area contributed by atoms with Crippen LogP contribution in [0, 0.1) is 17.1 Å². The summed E-state index contributed by atoms with van der Waals surface area (Å²) in [6.07, 6.45) is 6.38. The van der Waals surface area contributed by atoms with E-state index >= 15 is 0 Å². The van der Waals surface area contributed by atoms with E-state index in [1.54, 1.807) is 12.1 Å². The number of aryl methyl sites for hydroxylation is 1. The van der Waals surface area contributed by atoms with Crippen LogP contribution in [0.1, 0.15) is 17.5 Å². The molecule has 0 amide bonds. The minimum Gasteiger partial charge on any atom is -0.338 e. The number of fused-ring (bicyclic) bond motifs is 1. The van der Waals surface area contributed by atoms with Gasteiger partial charge in [-0.15, -0.1) is 12.4 Å². The predicted octanol–water partition coefficient (Wildman–Crippen LogP) is 4.82. The third kappa shape index (κ3) is 4.78. The number of imidazole rings is 1. The van der Waals surface area contributed by atoms with Crippen molar-refractivity contribution in [2.75, 3.05) is 29.9 Å². The zero-order valence-electron chi connectivity index (χ0n) is 21.2. The van der Waals surface area contributed by atoms with Gasteiger partial charge >= 0.3 is 0 Å². The van der Waals surface area contributed by atoms with Crippen molar-refractivity contribution in [1.29, 1.82) is 5.26 Å². The molecule has 0 unspecified atom stereocenters. The largest absolute Gasteiger partial charge is 0.338 e. The van der Waals surface area contributed by atoms with Gasteiger partial charge in [0.25, 0.3) is 0 Å². The Labute approximate surface area is 234 Å². The normalized spacial score (nSPS) is 13.2. The molecule has 1 saturated heterocycles. The second kappa shape index (κ2) is 10.6. The minimum atomic E-state index is -0.335. The highest BCUT2D eigenvalue weighted by Crippen LogP contribution is 2.37. The van der Waals surface area contributed by atoms with Crippen LogP contribution in [0.25, 0.3) is 28.0 Å². The maximum atomic E-state index is 13.5. The number of hydrogen-bond acceptors (Lipinski definition) is 9. The standard InChI is InChI=1S/C27H24FN9S.ClH/c1-3-21-25(35(2)27-34-24(22(10-29)38-27)16-4-7-19(28)8-5-16)37-13-17(6-9-23(37)33-21)18-11-31-26(32-12-18)36-14-20(30)15-36;/h4-9,11-13,20H,3,14-15,30H2,1-2H3;1H. The van der Waals surface area contributed by atoms with Gasteiger partial charge in [-0.25, -0.2) is 24.3 Å². The maximum Gasteiger partial charge on any atom is 0.225 e. The molecule has 0 saturated carbocycles. The first kappa shape index (κ1) is 26.5. The third-order valence-electron chi connectivity index (χ3n) is 6.60. The van der Waals surface area contributed by atoms with E-state index in [-0.39, 0.29) is 24.3 Å². The van der Waals surface area contributed by atoms with E-state index in [2.05, 4.69) is 27.9 Å². The average molecular weight is 562 g/mol. The highest BCUT2D eigenvalue weighted by Gasteiger charge is 2.25. The lowest BCUT2D eigenvalue weighted by Gasteiger charge is -2.36. The Kier molecular flexibility index (Phi) is 7.18. The quantitative estimate of drug-likeness (QED) is 0.314. The van der Waals surface area contributed by atoms with Crippen molar-refractivity contribution in [3.05, 3.63) is 71.4 Å². The average Bonchev–Trinajstić information content (AvgIpc) is 3.53. The van der Waals surface area contributed by atoms with E-state index in [0.717, 1.165) is 41.4 Å². The summed E-state index contributed by atoms with van der Waals surface area (Å²) in [7, 11) is 1.92. The topological polar surface area (TPSA) is 112 Å². The Hall–Kier alpha value is -4.11. The molecule has 1 fully saturated rings. The molecule has 39 heavy (non-hydrogen) atoms. The monoisotopic (exact) mass is 561 g/mol. The molecule has 5 heterocycles. The highest BCUT2D eigenvalue weighted by atomic mass is 35.5. The summed E-state index contributed by atoms with van der Waals surface area (Å²) >= 11 is 1.29. The number of pyridine rings is 1. The van der Waals surface area contributed by atoms with Crippen molar-refractivity contribution in [1.82, 2.24) is 24.3 Å². The number of aromatic nitrogens is 5. The van der Waals surface area contributed by atoms with Crippen LogP contribution in [-0.2, 0) is 6.42 Å². The Morgan fingerprint density at radius 1 is 1.08 bits per heavy atom. The number of halogens is 2. The Morgan fingerprint density at radius 3 is 2.41 bits per heavy atom. The van der Waals surface area contributed by atoms with Crippen LogP contribution >= 0.6 is 23.7 Å². The van der Waals surface area contributed by atoms with Crippen LogP contribution in [0.5, 0.6) is 0 Å². The van der Waals surface area contributed by atoms with Gasteiger partial charge in [0.05, 0.1) is 5.69 Å². The van der Waals surface area contributed by atoms with Gasteiger partial charge in [-0.3, -0.25) is 4.40 Å². The number of hydrogen-bond donors (Lipinski definition) is 1. The van der Waals surface area contributed by atoms with E-state index in [1.807, 2.05) is 47.1 Å². The zero-order valence-corrected chi connectivity index (χ0v) is 22.9. The molecule has 0 aliphatic carbocycles. The second-order valence-electron chi connectivity index (χ2n) is 9.17. The van der Waals surface area contributed by atoms with E-state index in [4.69, 9.17) is 15.7 Å². The first-order valence-electron chi connectivity index (χ1n) is 12.2. The number of nitrogens with two attached hydrogens (primary N) is 1. The molecule has 4 aromatic heterocycles. The first-order chi connectivity index (χ1) is 18.4. The number of nitrogens with zero attached hydrogens (tertiary/aromatic N) is 8. The molecule has 1 aliphatic rings. The second-order valence-corrected chi connectivity index (χ2v) is 10.1. The van der Waals surface area contributed by atoms with Gasteiger partial charge in [0.15, 0.2) is 5.13 Å². The molecule has 0 bridgehead atoms. The molecule has 0 radical (unpaired) electrons. The molecule has 198 valence electrons. The van der Waals surface area contributed by atoms with Crippen molar-refractivity contribution < 1.29 is 4.39 Å². The number of anilines is 3. The predicted molar refractivity (Wildman–Crippen MR) is 153 cm³/mol. The molecule has 9 nitrogen and oxygen atoms in total. The van der Waals surface area contributed by atoms with Crippen LogP contribution in [0.4, 0.5) is 21.3 Å². The molecular formula is C27H25ClFN9S. The summed E-state index contributed by atoms with van der Waals surface area (Å²) in [5.41, 5.74) is 10.7. The number of thiazole rings is 1. The van der Waals surface area contributed by atoms with Crippen molar-refractivity contribution in [3.8, 4) is 28.5 Å². The van der Waals surface area contributed by atoms with Crippen molar-refractivity contribution in [2.24, 2.45) is 5.73 Å². The lowest BCUT2D eigenvalue weighted by Crippen LogP contribution is -2.56. The summed E-state index contributed by atoms with van der Waals surface area (Å²) < 4.78 is 15.5. The van der Waals surface area contributed by atoms with Gasteiger partial charge in [-0.05, 0) is 42.8 Å². The molecule has 2 N–H and O–H groups in total. The van der Waals surface area contributed by atoms with Gasteiger partial charge in [0, 0.05) is 61.5 Å². The summed E-state index contributed by atoms with van der Waals surface area (Å²) in [6, 6.07) is 12.4. The molecule has 0 spiro atoms. The van der Waals surface area contributed by atoms with Crippen LogP contribution in [-0.4, -0.2) is 50.5 Å². The van der Waals surface area contributed by atoms with Gasteiger partial charge in [-0.1, -0.05) is 18.3 Å². The Morgan fingerprint density at radius 2 is 1.77 bits per heavy atom. The number of nitriles is 1. The smallest absolute Gasteiger partial charge is 0.225 e. The fraction of sp³-hybridized carbons (Fsp3) is 0.222. The van der Waals surface area contributed by atoms with Crippen LogP contribution < -0.4 is 15.5 Å². The van der Waals surface area contributed by atoms with Gasteiger partial charge in [0.1, 0.15) is 33.9 Å². The zero-order chi connectivity index (χ0) is 26.4. The molecule has 1 aliphatic heterocycles. The van der Waals surface area contributed by atoms with Crippen LogP contribution in [0.2, 0.25) is 0 Å². The maximum absolute atomic E-state index is 13.5. The van der Waals surface area contributed by atoms with Gasteiger partial charge in [-0.2, -0.15) is 5.26 Å². The van der Waals surface area contributed by atoms with Crippen LogP contribution in [0.3, 0.4) is 0 Å². The van der Waals surface area contributed by atoms with Crippen LogP contribution in [0.15, 0.2) is 55.0 Å². The van der Waals surface area contributed by atoms with Crippen molar-refractivity contribution >= 4 is 46.3 Å². The molecule has 5 aromatic rings. The third-order valence-corrected chi connectivity index (χ3v) is 7.64. The fourth-order valence-corrected chi connectivity index (χ4v) is 5.42. The summed E-state index contributed by atoms with van der Waals surface area (Å²) in [4.78, 5) is 23.1. The molecule has 0 atom stereocenters. The summed E-state index contributed by atoms with van der Waals surface area (Å²) in [5, 5.41) is 10.4. The van der Waals surface area contributed by atoms with Crippen molar-refractivity contribution in [3.63, 3.8) is 0 Å².